The van der Waals surface area contributed by atoms with E-state index in [2.05, 4.69) is 27.3 Å². The van der Waals surface area contributed by atoms with Crippen molar-refractivity contribution < 1.29 is 4.79 Å². The van der Waals surface area contributed by atoms with Crippen LogP contribution in [0.25, 0.3) is 0 Å². The van der Waals surface area contributed by atoms with Crippen LogP contribution in [0.4, 0.5) is 5.00 Å². The van der Waals surface area contributed by atoms with E-state index >= 15 is 0 Å². The Morgan fingerprint density at radius 1 is 1.30 bits per heavy atom. The normalized spacial score (nSPS) is 10.2. The molecule has 20 heavy (non-hydrogen) atoms. The Morgan fingerprint density at radius 2 is 2.00 bits per heavy atom. The number of nitrogens with zero attached hydrogens (tertiary/aromatic N) is 1. The van der Waals surface area contributed by atoms with E-state index in [0.717, 1.165) is 20.5 Å². The number of thiophene rings is 1. The molecule has 5 heteroatoms. The summed E-state index contributed by atoms with van der Waals surface area (Å²) >= 11 is 4.85. The largest absolute Gasteiger partial charge is 0.312 e. The predicted octanol–water partition coefficient (Wildman–Crippen LogP) is 4.56. The van der Waals surface area contributed by atoms with Gasteiger partial charge in [-0.15, -0.1) is 11.3 Å². The summed E-state index contributed by atoms with van der Waals surface area (Å²) in [5, 5.41) is 12.7. The van der Waals surface area contributed by atoms with Crippen molar-refractivity contribution in [2.75, 3.05) is 5.32 Å². The number of halogens is 1. The van der Waals surface area contributed by atoms with Crippen LogP contribution in [0.15, 0.2) is 22.7 Å². The van der Waals surface area contributed by atoms with Gasteiger partial charge in [0.25, 0.3) is 5.91 Å². The Bertz CT molecular complexity index is 728. The first-order chi connectivity index (χ1) is 9.45. The molecule has 0 aliphatic heterocycles. The second-order valence-electron chi connectivity index (χ2n) is 4.47. The Morgan fingerprint density at radius 3 is 2.65 bits per heavy atom. The summed E-state index contributed by atoms with van der Waals surface area (Å²) in [5.41, 5.74) is 2.97. The zero-order valence-electron chi connectivity index (χ0n) is 11.4. The highest BCUT2D eigenvalue weighted by Crippen LogP contribution is 2.32. The van der Waals surface area contributed by atoms with E-state index in [9.17, 15) is 10.1 Å². The number of carbonyl (C=O) groups is 1. The number of nitriles is 1. The summed E-state index contributed by atoms with van der Waals surface area (Å²) in [5.74, 6) is -0.193. The van der Waals surface area contributed by atoms with Gasteiger partial charge >= 0.3 is 0 Å². The third-order valence-electron chi connectivity index (χ3n) is 3.24. The van der Waals surface area contributed by atoms with E-state index in [1.807, 2.05) is 32.9 Å². The minimum Gasteiger partial charge on any atom is -0.312 e. The van der Waals surface area contributed by atoms with Gasteiger partial charge in [0.1, 0.15) is 11.1 Å². The average molecular weight is 349 g/mol. The molecule has 1 amide bonds. The summed E-state index contributed by atoms with van der Waals surface area (Å²) in [4.78, 5) is 13.4. The summed E-state index contributed by atoms with van der Waals surface area (Å²) < 4.78 is 0.893. The summed E-state index contributed by atoms with van der Waals surface area (Å²) in [7, 11) is 0. The standard InChI is InChI=1S/C15H13BrN2OS/c1-8-10(3)20-15(12(8)7-17)18-14(19)11-5-4-6-13(16)9(11)2/h4-6H,1-3H3,(H,18,19). The molecule has 0 radical (unpaired) electrons. The number of amides is 1. The van der Waals surface area contributed by atoms with Crippen LogP contribution in [0.1, 0.15) is 31.9 Å². The van der Waals surface area contributed by atoms with Gasteiger partial charge < -0.3 is 5.32 Å². The molecule has 0 spiro atoms. The lowest BCUT2D eigenvalue weighted by Crippen LogP contribution is -2.13. The second-order valence-corrected chi connectivity index (χ2v) is 6.54. The Labute approximate surface area is 130 Å². The number of rotatable bonds is 2. The fourth-order valence-corrected chi connectivity index (χ4v) is 3.25. The molecule has 2 aromatic rings. The maximum Gasteiger partial charge on any atom is 0.256 e. The molecular weight excluding hydrogens is 336 g/mol. The lowest BCUT2D eigenvalue weighted by molar-refractivity contribution is 0.102. The van der Waals surface area contributed by atoms with Gasteiger partial charge in [0.05, 0.1) is 5.56 Å². The van der Waals surface area contributed by atoms with Gasteiger partial charge in [-0.05, 0) is 44.0 Å². The van der Waals surface area contributed by atoms with Gasteiger partial charge in [-0.2, -0.15) is 5.26 Å². The third kappa shape index (κ3) is 2.62. The molecule has 1 aromatic heterocycles. The quantitative estimate of drug-likeness (QED) is 0.864. The number of anilines is 1. The molecule has 0 fully saturated rings. The van der Waals surface area contributed by atoms with Gasteiger partial charge in [-0.3, -0.25) is 4.79 Å². The third-order valence-corrected chi connectivity index (χ3v) is 5.22. The van der Waals surface area contributed by atoms with Crippen LogP contribution < -0.4 is 5.32 Å². The molecule has 102 valence electrons. The Kier molecular flexibility index (Phi) is 4.26. The van der Waals surface area contributed by atoms with Crippen LogP contribution in [0.2, 0.25) is 0 Å². The zero-order chi connectivity index (χ0) is 14.9. The van der Waals surface area contributed by atoms with Crippen molar-refractivity contribution in [3.63, 3.8) is 0 Å². The second kappa shape index (κ2) is 5.78. The number of benzene rings is 1. The highest BCUT2D eigenvalue weighted by atomic mass is 79.9. The Hall–Kier alpha value is -1.64. The highest BCUT2D eigenvalue weighted by Gasteiger charge is 2.17. The molecule has 0 aliphatic rings. The topological polar surface area (TPSA) is 52.9 Å². The minimum absolute atomic E-state index is 0.193. The smallest absolute Gasteiger partial charge is 0.256 e. The van der Waals surface area contributed by atoms with E-state index in [1.165, 1.54) is 11.3 Å². The molecule has 1 aromatic carbocycles. The molecule has 0 unspecified atom stereocenters. The van der Waals surface area contributed by atoms with Crippen molar-refractivity contribution >= 4 is 38.2 Å². The van der Waals surface area contributed by atoms with Crippen LogP contribution >= 0.6 is 27.3 Å². The number of aryl methyl sites for hydroxylation is 1. The Balaban J connectivity index is 2.36. The van der Waals surface area contributed by atoms with Gasteiger partial charge in [0, 0.05) is 14.9 Å². The van der Waals surface area contributed by atoms with Crippen LogP contribution in [-0.4, -0.2) is 5.91 Å². The molecule has 0 bridgehead atoms. The van der Waals surface area contributed by atoms with Crippen LogP contribution in [-0.2, 0) is 0 Å². The minimum atomic E-state index is -0.193. The van der Waals surface area contributed by atoms with E-state index in [-0.39, 0.29) is 5.91 Å². The van der Waals surface area contributed by atoms with Gasteiger partial charge in [-0.25, -0.2) is 0 Å². The van der Waals surface area contributed by atoms with Gasteiger partial charge in [0.2, 0.25) is 0 Å². The van der Waals surface area contributed by atoms with Crippen LogP contribution in [0, 0.1) is 32.1 Å². The van der Waals surface area contributed by atoms with Crippen molar-refractivity contribution in [1.29, 1.82) is 5.26 Å². The van der Waals surface area contributed by atoms with Crippen LogP contribution in [0.3, 0.4) is 0 Å². The number of carbonyl (C=O) groups excluding carboxylic acids is 1. The number of hydrogen-bond donors (Lipinski definition) is 1. The van der Waals surface area contributed by atoms with Crippen molar-refractivity contribution in [2.45, 2.75) is 20.8 Å². The summed E-state index contributed by atoms with van der Waals surface area (Å²) in [6.45, 7) is 5.72. The summed E-state index contributed by atoms with van der Waals surface area (Å²) in [6.07, 6.45) is 0. The fraction of sp³-hybridized carbons (Fsp3) is 0.200. The SMILES string of the molecule is Cc1sc(NC(=O)c2cccc(Br)c2C)c(C#N)c1C. The first kappa shape index (κ1) is 14.8. The molecule has 0 atom stereocenters. The molecule has 1 N–H and O–H groups in total. The van der Waals surface area contributed by atoms with Crippen molar-refractivity contribution in [3.05, 3.63) is 49.8 Å². The molecule has 0 aliphatic carbocycles. The maximum atomic E-state index is 12.3. The van der Waals surface area contributed by atoms with Crippen LogP contribution in [0.5, 0.6) is 0 Å². The van der Waals surface area contributed by atoms with E-state index in [1.54, 1.807) is 6.07 Å². The first-order valence-electron chi connectivity index (χ1n) is 6.02. The summed E-state index contributed by atoms with van der Waals surface area (Å²) in [6, 6.07) is 7.64. The molecule has 1 heterocycles. The molecular formula is C15H13BrN2OS. The van der Waals surface area contributed by atoms with E-state index in [0.29, 0.717) is 16.1 Å². The monoisotopic (exact) mass is 348 g/mol. The molecule has 0 saturated heterocycles. The van der Waals surface area contributed by atoms with Gasteiger partial charge in [-0.1, -0.05) is 22.0 Å². The number of hydrogen-bond acceptors (Lipinski definition) is 3. The fourth-order valence-electron chi connectivity index (χ4n) is 1.87. The maximum absolute atomic E-state index is 12.3. The lowest BCUT2D eigenvalue weighted by atomic mass is 10.1. The van der Waals surface area contributed by atoms with Crippen molar-refractivity contribution in [3.8, 4) is 6.07 Å². The average Bonchev–Trinajstić information content (AvgIpc) is 2.67. The van der Waals surface area contributed by atoms with E-state index < -0.39 is 0 Å². The zero-order valence-corrected chi connectivity index (χ0v) is 13.8. The number of nitrogens with one attached hydrogen (secondary N) is 1. The molecule has 0 saturated carbocycles. The highest BCUT2D eigenvalue weighted by molar-refractivity contribution is 9.10. The molecule has 2 rings (SSSR count). The predicted molar refractivity (Wildman–Crippen MR) is 85.3 cm³/mol. The van der Waals surface area contributed by atoms with E-state index in [4.69, 9.17) is 0 Å². The van der Waals surface area contributed by atoms with Crippen molar-refractivity contribution in [2.24, 2.45) is 0 Å². The lowest BCUT2D eigenvalue weighted by Gasteiger charge is -2.07. The van der Waals surface area contributed by atoms with Crippen molar-refractivity contribution in [1.82, 2.24) is 0 Å². The van der Waals surface area contributed by atoms with Gasteiger partial charge in [0.15, 0.2) is 0 Å². The molecule has 3 nitrogen and oxygen atoms in total. The first-order valence-corrected chi connectivity index (χ1v) is 7.63.